The Morgan fingerprint density at radius 1 is 1.40 bits per heavy atom. The molecule has 0 aromatic heterocycles. The maximum atomic E-state index is 12.3. The van der Waals surface area contributed by atoms with Gasteiger partial charge in [0.25, 0.3) is 5.69 Å². The number of nitro groups is 1. The summed E-state index contributed by atoms with van der Waals surface area (Å²) < 4.78 is 37.2. The highest BCUT2D eigenvalue weighted by molar-refractivity contribution is 14.1. The van der Waals surface area contributed by atoms with Gasteiger partial charge >= 0.3 is 6.18 Å². The quantitative estimate of drug-likeness (QED) is 0.365. The van der Waals surface area contributed by atoms with E-state index in [0.29, 0.717) is 6.07 Å². The van der Waals surface area contributed by atoms with E-state index in [1.165, 1.54) is 0 Å². The van der Waals surface area contributed by atoms with E-state index in [-0.39, 0.29) is 8.47 Å². The Kier molecular flexibility index (Phi) is 3.48. The summed E-state index contributed by atoms with van der Waals surface area (Å²) in [4.78, 5) is 9.24. The third-order valence-electron chi connectivity index (χ3n) is 1.57. The van der Waals surface area contributed by atoms with Crippen molar-refractivity contribution in [2.45, 2.75) is 11.1 Å². The van der Waals surface area contributed by atoms with E-state index < -0.39 is 22.4 Å². The van der Waals surface area contributed by atoms with Crippen LogP contribution in [0.1, 0.15) is 5.56 Å². The van der Waals surface area contributed by atoms with Crippen molar-refractivity contribution in [2.24, 2.45) is 0 Å². The second-order valence-electron chi connectivity index (χ2n) is 2.58. The Balaban J connectivity index is 3.43. The average Bonchev–Trinajstić information content (AvgIpc) is 2.00. The number of nitrogens with zero attached hydrogens (tertiary/aromatic N) is 1. The lowest BCUT2D eigenvalue weighted by Crippen LogP contribution is -2.07. The first-order valence-electron chi connectivity index (χ1n) is 3.47. The standard InChI is InChI=1S/C7H3F3INO2S/c8-7(9,10)3-1-5(12(13)14)4(11)2-6(3)15/h1-2,15H. The van der Waals surface area contributed by atoms with Gasteiger partial charge in [-0.1, -0.05) is 0 Å². The van der Waals surface area contributed by atoms with Gasteiger partial charge in [-0.05, 0) is 28.7 Å². The molecule has 0 saturated carbocycles. The van der Waals surface area contributed by atoms with Crippen LogP contribution in [0.4, 0.5) is 18.9 Å². The van der Waals surface area contributed by atoms with E-state index in [1.54, 1.807) is 22.6 Å². The van der Waals surface area contributed by atoms with Gasteiger partial charge in [-0.3, -0.25) is 10.1 Å². The van der Waals surface area contributed by atoms with Crippen molar-refractivity contribution >= 4 is 40.9 Å². The number of nitro benzene ring substituents is 1. The van der Waals surface area contributed by atoms with E-state index in [1.807, 2.05) is 0 Å². The predicted molar refractivity (Wildman–Crippen MR) is 58.1 cm³/mol. The van der Waals surface area contributed by atoms with Gasteiger partial charge in [0.05, 0.1) is 14.1 Å². The molecule has 0 bridgehead atoms. The van der Waals surface area contributed by atoms with Crippen LogP contribution in [0.25, 0.3) is 0 Å². The Bertz CT molecular complexity index is 421. The van der Waals surface area contributed by atoms with Gasteiger partial charge in [-0.2, -0.15) is 13.2 Å². The molecular formula is C7H3F3INO2S. The predicted octanol–water partition coefficient (Wildman–Crippen LogP) is 3.51. The van der Waals surface area contributed by atoms with Crippen LogP contribution in [0.15, 0.2) is 17.0 Å². The first-order valence-corrected chi connectivity index (χ1v) is 5.00. The van der Waals surface area contributed by atoms with Crippen molar-refractivity contribution in [2.75, 3.05) is 0 Å². The summed E-state index contributed by atoms with van der Waals surface area (Å²) in [6.07, 6.45) is -4.63. The van der Waals surface area contributed by atoms with Gasteiger partial charge in [0.2, 0.25) is 0 Å². The van der Waals surface area contributed by atoms with E-state index >= 15 is 0 Å². The molecule has 0 unspecified atom stereocenters. The monoisotopic (exact) mass is 349 g/mol. The molecule has 3 nitrogen and oxygen atoms in total. The van der Waals surface area contributed by atoms with E-state index in [4.69, 9.17) is 0 Å². The SMILES string of the molecule is O=[N+]([O-])c1cc(C(F)(F)F)c(S)cc1I. The molecular weight excluding hydrogens is 346 g/mol. The highest BCUT2D eigenvalue weighted by atomic mass is 127. The maximum absolute atomic E-state index is 12.3. The van der Waals surface area contributed by atoms with E-state index in [0.717, 1.165) is 6.07 Å². The molecule has 82 valence electrons. The molecule has 0 N–H and O–H groups in total. The second-order valence-corrected chi connectivity index (χ2v) is 4.22. The zero-order valence-electron chi connectivity index (χ0n) is 6.88. The Morgan fingerprint density at radius 2 is 1.93 bits per heavy atom. The zero-order valence-corrected chi connectivity index (χ0v) is 9.93. The lowest BCUT2D eigenvalue weighted by molar-refractivity contribution is -0.386. The molecule has 1 aromatic rings. The Labute approximate surface area is 101 Å². The Morgan fingerprint density at radius 3 is 2.33 bits per heavy atom. The first kappa shape index (κ1) is 12.6. The van der Waals surface area contributed by atoms with Gasteiger partial charge in [0.15, 0.2) is 0 Å². The first-order chi connectivity index (χ1) is 6.73. The summed E-state index contributed by atoms with van der Waals surface area (Å²) in [5.41, 5.74) is -1.67. The molecule has 0 radical (unpaired) electrons. The molecule has 0 aliphatic heterocycles. The average molecular weight is 349 g/mol. The summed E-state index contributed by atoms with van der Waals surface area (Å²) in [6, 6.07) is 1.51. The van der Waals surface area contributed by atoms with Gasteiger partial charge < -0.3 is 0 Å². The minimum atomic E-state index is -4.63. The van der Waals surface area contributed by atoms with Gasteiger partial charge in [-0.25, -0.2) is 0 Å². The summed E-state index contributed by atoms with van der Waals surface area (Å²) in [5, 5.41) is 10.4. The fourth-order valence-electron chi connectivity index (χ4n) is 0.918. The van der Waals surface area contributed by atoms with Crippen molar-refractivity contribution < 1.29 is 18.1 Å². The number of hydrogen-bond donors (Lipinski definition) is 1. The molecule has 0 aliphatic rings. The largest absolute Gasteiger partial charge is 0.417 e. The third kappa shape index (κ3) is 2.74. The number of thiol groups is 1. The van der Waals surface area contributed by atoms with Crippen molar-refractivity contribution in [3.63, 3.8) is 0 Å². The van der Waals surface area contributed by atoms with Crippen LogP contribution in [0.3, 0.4) is 0 Å². The lowest BCUT2D eigenvalue weighted by Gasteiger charge is -2.09. The molecule has 15 heavy (non-hydrogen) atoms. The Hall–Kier alpha value is -0.510. The highest BCUT2D eigenvalue weighted by Gasteiger charge is 2.35. The number of rotatable bonds is 1. The minimum absolute atomic E-state index is 0.121. The number of benzene rings is 1. The lowest BCUT2D eigenvalue weighted by atomic mass is 10.2. The van der Waals surface area contributed by atoms with Crippen LogP contribution in [0.5, 0.6) is 0 Å². The molecule has 1 aromatic carbocycles. The number of alkyl halides is 3. The van der Waals surface area contributed by atoms with Crippen LogP contribution in [-0.4, -0.2) is 4.92 Å². The van der Waals surface area contributed by atoms with Crippen molar-refractivity contribution in [3.05, 3.63) is 31.4 Å². The van der Waals surface area contributed by atoms with Crippen LogP contribution in [0, 0.1) is 13.7 Å². The number of hydrogen-bond acceptors (Lipinski definition) is 3. The van der Waals surface area contributed by atoms with Crippen LogP contribution < -0.4 is 0 Å². The summed E-state index contributed by atoms with van der Waals surface area (Å²) >= 11 is 5.22. The molecule has 0 spiro atoms. The summed E-state index contributed by atoms with van der Waals surface area (Å²) in [6.45, 7) is 0. The molecule has 1 rings (SSSR count). The van der Waals surface area contributed by atoms with Crippen LogP contribution in [0.2, 0.25) is 0 Å². The van der Waals surface area contributed by atoms with Gasteiger partial charge in [0, 0.05) is 11.0 Å². The minimum Gasteiger partial charge on any atom is -0.258 e. The molecule has 0 fully saturated rings. The normalized spacial score (nSPS) is 11.5. The molecule has 8 heteroatoms. The molecule has 0 aliphatic carbocycles. The topological polar surface area (TPSA) is 43.1 Å². The van der Waals surface area contributed by atoms with Gasteiger partial charge in [-0.15, -0.1) is 12.6 Å². The third-order valence-corrected chi connectivity index (χ3v) is 2.80. The molecule has 0 atom stereocenters. The van der Waals surface area contributed by atoms with Crippen molar-refractivity contribution in [1.29, 1.82) is 0 Å². The summed E-state index contributed by atoms with van der Waals surface area (Å²) in [7, 11) is 0. The molecule has 0 saturated heterocycles. The van der Waals surface area contributed by atoms with E-state index in [9.17, 15) is 23.3 Å². The summed E-state index contributed by atoms with van der Waals surface area (Å²) in [5.74, 6) is 0. The van der Waals surface area contributed by atoms with E-state index in [2.05, 4.69) is 12.6 Å². The zero-order chi connectivity index (χ0) is 11.8. The van der Waals surface area contributed by atoms with Gasteiger partial charge in [0.1, 0.15) is 0 Å². The molecule has 0 heterocycles. The second kappa shape index (κ2) is 4.16. The highest BCUT2D eigenvalue weighted by Crippen LogP contribution is 2.37. The molecule has 0 amide bonds. The number of halogens is 4. The fourth-order valence-corrected chi connectivity index (χ4v) is 2.15. The van der Waals surface area contributed by atoms with Crippen LogP contribution >= 0.6 is 35.2 Å². The fraction of sp³-hybridized carbons (Fsp3) is 0.143. The maximum Gasteiger partial charge on any atom is 0.417 e. The smallest absolute Gasteiger partial charge is 0.258 e. The van der Waals surface area contributed by atoms with Crippen LogP contribution in [-0.2, 0) is 6.18 Å². The van der Waals surface area contributed by atoms with Crippen molar-refractivity contribution in [3.8, 4) is 0 Å². The van der Waals surface area contributed by atoms with Crippen molar-refractivity contribution in [1.82, 2.24) is 0 Å².